The zero-order valence-electron chi connectivity index (χ0n) is 11.9. The number of ether oxygens (including phenoxy) is 1. The van der Waals surface area contributed by atoms with E-state index in [4.69, 9.17) is 16.2 Å². The molecule has 0 aromatic carbocycles. The van der Waals surface area contributed by atoms with E-state index in [2.05, 4.69) is 4.90 Å². The van der Waals surface area contributed by atoms with E-state index in [-0.39, 0.29) is 11.8 Å². The van der Waals surface area contributed by atoms with Gasteiger partial charge < -0.3 is 21.1 Å². The van der Waals surface area contributed by atoms with Gasteiger partial charge in [0.2, 0.25) is 5.91 Å². The average Bonchev–Trinajstić information content (AvgIpc) is 2.79. The van der Waals surface area contributed by atoms with E-state index in [0.29, 0.717) is 6.10 Å². The van der Waals surface area contributed by atoms with E-state index >= 15 is 0 Å². The van der Waals surface area contributed by atoms with Crippen molar-refractivity contribution in [3.05, 3.63) is 0 Å². The number of rotatable bonds is 5. The summed E-state index contributed by atoms with van der Waals surface area (Å²) in [6.45, 7) is 3.12. The Balaban J connectivity index is 1.83. The third-order valence-corrected chi connectivity index (χ3v) is 4.92. The van der Waals surface area contributed by atoms with Gasteiger partial charge in [0.25, 0.3) is 0 Å². The first-order valence-electron chi connectivity index (χ1n) is 7.40. The van der Waals surface area contributed by atoms with Crippen molar-refractivity contribution >= 4 is 5.91 Å². The number of carbonyl (C=O) groups is 1. The molecule has 5 nitrogen and oxygen atoms in total. The van der Waals surface area contributed by atoms with Gasteiger partial charge in [-0.25, -0.2) is 0 Å². The quantitative estimate of drug-likeness (QED) is 0.760. The van der Waals surface area contributed by atoms with Crippen molar-refractivity contribution < 1.29 is 9.53 Å². The van der Waals surface area contributed by atoms with Crippen molar-refractivity contribution in [2.24, 2.45) is 17.4 Å². The molecule has 3 atom stereocenters. The molecule has 1 amide bonds. The Morgan fingerprint density at radius 3 is 2.89 bits per heavy atom. The molecule has 1 heterocycles. The van der Waals surface area contributed by atoms with Gasteiger partial charge in [-0.1, -0.05) is 6.42 Å². The molecule has 1 aliphatic heterocycles. The molecule has 0 bridgehead atoms. The van der Waals surface area contributed by atoms with Gasteiger partial charge >= 0.3 is 0 Å². The molecule has 1 aliphatic carbocycles. The summed E-state index contributed by atoms with van der Waals surface area (Å²) in [6.07, 6.45) is 6.46. The molecule has 0 spiro atoms. The topological polar surface area (TPSA) is 81.6 Å². The highest BCUT2D eigenvalue weighted by atomic mass is 16.5. The number of primary amides is 1. The van der Waals surface area contributed by atoms with E-state index in [1.165, 1.54) is 6.42 Å². The van der Waals surface area contributed by atoms with Crippen molar-refractivity contribution in [1.82, 2.24) is 4.90 Å². The third kappa shape index (κ3) is 3.27. The molecule has 19 heavy (non-hydrogen) atoms. The Bertz CT molecular complexity index is 324. The Morgan fingerprint density at radius 2 is 2.21 bits per heavy atom. The summed E-state index contributed by atoms with van der Waals surface area (Å²) in [6, 6.07) is 0. The molecule has 2 rings (SSSR count). The summed E-state index contributed by atoms with van der Waals surface area (Å²) in [5.41, 5.74) is 10.9. The highest BCUT2D eigenvalue weighted by Gasteiger charge is 2.44. The first-order valence-corrected chi connectivity index (χ1v) is 7.40. The smallest absolute Gasteiger partial charge is 0.237 e. The summed E-state index contributed by atoms with van der Waals surface area (Å²) in [5.74, 6) is -0.0867. The van der Waals surface area contributed by atoms with Crippen molar-refractivity contribution in [2.45, 2.75) is 50.2 Å². The van der Waals surface area contributed by atoms with Gasteiger partial charge in [-0.15, -0.1) is 0 Å². The fourth-order valence-electron chi connectivity index (χ4n) is 3.58. The minimum absolute atomic E-state index is 0.243. The molecule has 4 N–H and O–H groups in total. The van der Waals surface area contributed by atoms with Crippen molar-refractivity contribution in [3.8, 4) is 0 Å². The number of likely N-dealkylation sites (tertiary alicyclic amines) is 1. The summed E-state index contributed by atoms with van der Waals surface area (Å²) >= 11 is 0. The maximum absolute atomic E-state index is 11.5. The maximum atomic E-state index is 11.5. The molecule has 3 unspecified atom stereocenters. The van der Waals surface area contributed by atoms with E-state index in [1.807, 2.05) is 0 Å². The lowest BCUT2D eigenvalue weighted by Crippen LogP contribution is -2.55. The van der Waals surface area contributed by atoms with Gasteiger partial charge in [0.1, 0.15) is 0 Å². The second kappa shape index (κ2) is 6.20. The predicted molar refractivity (Wildman–Crippen MR) is 74.5 cm³/mol. The van der Waals surface area contributed by atoms with Crippen LogP contribution < -0.4 is 11.5 Å². The molecule has 1 saturated heterocycles. The highest BCUT2D eigenvalue weighted by Crippen LogP contribution is 2.36. The van der Waals surface area contributed by atoms with Gasteiger partial charge in [0.15, 0.2) is 0 Å². The Labute approximate surface area is 115 Å². The lowest BCUT2D eigenvalue weighted by molar-refractivity contribution is -0.124. The van der Waals surface area contributed by atoms with Crippen LogP contribution >= 0.6 is 0 Å². The van der Waals surface area contributed by atoms with Crippen LogP contribution in [0.15, 0.2) is 0 Å². The largest absolute Gasteiger partial charge is 0.380 e. The van der Waals surface area contributed by atoms with Gasteiger partial charge in [0, 0.05) is 13.7 Å². The molecule has 110 valence electrons. The summed E-state index contributed by atoms with van der Waals surface area (Å²) in [7, 11) is 1.78. The predicted octanol–water partition coefficient (Wildman–Crippen LogP) is 0.470. The zero-order valence-corrected chi connectivity index (χ0v) is 11.9. The molecule has 1 saturated carbocycles. The van der Waals surface area contributed by atoms with E-state index in [9.17, 15) is 4.79 Å². The number of hydrogen-bond acceptors (Lipinski definition) is 4. The summed E-state index contributed by atoms with van der Waals surface area (Å²) in [5, 5.41) is 0. The van der Waals surface area contributed by atoms with Crippen LogP contribution in [0.1, 0.15) is 38.5 Å². The van der Waals surface area contributed by atoms with Crippen LogP contribution in [0.2, 0.25) is 0 Å². The van der Waals surface area contributed by atoms with Crippen molar-refractivity contribution in [3.63, 3.8) is 0 Å². The third-order valence-electron chi connectivity index (χ3n) is 4.92. The molecule has 2 aliphatic rings. The number of nitrogens with zero attached hydrogens (tertiary/aromatic N) is 1. The first-order chi connectivity index (χ1) is 9.06. The van der Waals surface area contributed by atoms with Crippen LogP contribution in [0.3, 0.4) is 0 Å². The number of nitrogens with two attached hydrogens (primary N) is 2. The lowest BCUT2D eigenvalue weighted by Gasteiger charge is -2.34. The van der Waals surface area contributed by atoms with E-state index in [1.54, 1.807) is 7.11 Å². The zero-order chi connectivity index (χ0) is 13.9. The fraction of sp³-hybridized carbons (Fsp3) is 0.929. The van der Waals surface area contributed by atoms with Crippen LogP contribution in [0.25, 0.3) is 0 Å². The maximum Gasteiger partial charge on any atom is 0.237 e. The van der Waals surface area contributed by atoms with Crippen LogP contribution in [-0.4, -0.2) is 49.2 Å². The Kier molecular flexibility index (Phi) is 4.81. The van der Waals surface area contributed by atoms with Crippen LogP contribution in [0.4, 0.5) is 0 Å². The second-order valence-corrected chi connectivity index (χ2v) is 6.08. The molecule has 0 aromatic rings. The van der Waals surface area contributed by atoms with Crippen molar-refractivity contribution in [2.75, 3.05) is 26.7 Å². The Morgan fingerprint density at radius 1 is 1.42 bits per heavy atom. The SMILES string of the molecule is COC1CCCN(CCC2CCCC2(N)C(N)=O)C1. The van der Waals surface area contributed by atoms with Gasteiger partial charge in [-0.3, -0.25) is 4.79 Å². The first kappa shape index (κ1) is 14.8. The van der Waals surface area contributed by atoms with Crippen LogP contribution in [-0.2, 0) is 9.53 Å². The van der Waals surface area contributed by atoms with Crippen LogP contribution in [0.5, 0.6) is 0 Å². The number of hydrogen-bond donors (Lipinski definition) is 2. The minimum Gasteiger partial charge on any atom is -0.380 e. The summed E-state index contributed by atoms with van der Waals surface area (Å²) < 4.78 is 5.43. The van der Waals surface area contributed by atoms with Crippen LogP contribution in [0, 0.1) is 5.92 Å². The Hall–Kier alpha value is -0.650. The highest BCUT2D eigenvalue weighted by molar-refractivity contribution is 5.85. The molecule has 2 fully saturated rings. The normalized spacial score (nSPS) is 36.5. The van der Waals surface area contributed by atoms with Gasteiger partial charge in [-0.2, -0.15) is 0 Å². The minimum atomic E-state index is -0.767. The molecule has 5 heteroatoms. The number of methoxy groups -OCH3 is 1. The summed E-state index contributed by atoms with van der Waals surface area (Å²) in [4.78, 5) is 14.0. The number of piperidine rings is 1. The molecular weight excluding hydrogens is 242 g/mol. The second-order valence-electron chi connectivity index (χ2n) is 6.08. The fourth-order valence-corrected chi connectivity index (χ4v) is 3.58. The number of carbonyl (C=O) groups excluding carboxylic acids is 1. The average molecular weight is 269 g/mol. The standard InChI is InChI=1S/C14H27N3O2/c1-19-12-5-3-8-17(10-12)9-6-11-4-2-7-14(11,16)13(15)18/h11-12H,2-10,16H2,1H3,(H2,15,18). The molecule has 0 radical (unpaired) electrons. The monoisotopic (exact) mass is 269 g/mol. The number of amides is 1. The van der Waals surface area contributed by atoms with E-state index in [0.717, 1.165) is 51.7 Å². The molecular formula is C14H27N3O2. The van der Waals surface area contributed by atoms with Crippen molar-refractivity contribution in [1.29, 1.82) is 0 Å². The van der Waals surface area contributed by atoms with Gasteiger partial charge in [0.05, 0.1) is 11.6 Å². The lowest BCUT2D eigenvalue weighted by atomic mass is 9.84. The van der Waals surface area contributed by atoms with Gasteiger partial charge in [-0.05, 0) is 51.1 Å². The van der Waals surface area contributed by atoms with E-state index < -0.39 is 5.54 Å². The molecule has 0 aromatic heterocycles.